The van der Waals surface area contributed by atoms with Crippen LogP contribution in [0.1, 0.15) is 49.4 Å². The number of ether oxygens (including phenoxy) is 1. The molecule has 1 aliphatic carbocycles. The monoisotopic (exact) mass is 309 g/mol. The Hall–Kier alpha value is -1.22. The molecule has 0 saturated heterocycles. The second-order valence-corrected chi connectivity index (χ2v) is 6.21. The maximum atomic E-state index is 12.2. The summed E-state index contributed by atoms with van der Waals surface area (Å²) in [6.07, 6.45) is 5.53. The molecule has 1 aromatic carbocycles. The number of carbonyl (C=O) groups excluding carboxylic acids is 1. The zero-order valence-corrected chi connectivity index (χ0v) is 13.4. The van der Waals surface area contributed by atoms with E-state index in [0.29, 0.717) is 24.6 Å². The number of hydrogen-bond acceptors (Lipinski definition) is 2. The molecule has 21 heavy (non-hydrogen) atoms. The smallest absolute Gasteiger partial charge is 0.251 e. The predicted octanol–water partition coefficient (Wildman–Crippen LogP) is 4.00. The maximum Gasteiger partial charge on any atom is 0.251 e. The van der Waals surface area contributed by atoms with E-state index in [4.69, 9.17) is 16.3 Å². The summed E-state index contributed by atoms with van der Waals surface area (Å²) in [6, 6.07) is 7.34. The summed E-state index contributed by atoms with van der Waals surface area (Å²) >= 11 is 6.32. The lowest BCUT2D eigenvalue weighted by atomic mass is 9.88. The highest BCUT2D eigenvalue weighted by Crippen LogP contribution is 2.28. The zero-order chi connectivity index (χ0) is 15.1. The topological polar surface area (TPSA) is 38.3 Å². The highest BCUT2D eigenvalue weighted by atomic mass is 35.5. The molecule has 2 unspecified atom stereocenters. The average molecular weight is 310 g/mol. The Morgan fingerprint density at radius 3 is 2.95 bits per heavy atom. The molecular formula is C17H24ClNO2. The van der Waals surface area contributed by atoms with E-state index in [9.17, 15) is 4.79 Å². The number of alkyl halides is 1. The van der Waals surface area contributed by atoms with Crippen molar-refractivity contribution in [3.8, 4) is 5.75 Å². The van der Waals surface area contributed by atoms with Gasteiger partial charge in [-0.1, -0.05) is 25.8 Å². The maximum absolute atomic E-state index is 12.2. The van der Waals surface area contributed by atoms with Crippen LogP contribution in [0.3, 0.4) is 0 Å². The van der Waals surface area contributed by atoms with Crippen molar-refractivity contribution in [1.82, 2.24) is 5.32 Å². The molecule has 1 fully saturated rings. The first-order chi connectivity index (χ1) is 10.2. The largest absolute Gasteiger partial charge is 0.494 e. The van der Waals surface area contributed by atoms with E-state index in [2.05, 4.69) is 12.2 Å². The van der Waals surface area contributed by atoms with Crippen molar-refractivity contribution in [2.75, 3.05) is 13.2 Å². The quantitative estimate of drug-likeness (QED) is 0.807. The number of nitrogens with one attached hydrogen (secondary N) is 1. The summed E-state index contributed by atoms with van der Waals surface area (Å²) in [6.45, 7) is 3.39. The lowest BCUT2D eigenvalue weighted by Crippen LogP contribution is -2.34. The highest BCUT2D eigenvalue weighted by Gasteiger charge is 2.23. The molecule has 3 nitrogen and oxygen atoms in total. The van der Waals surface area contributed by atoms with E-state index in [-0.39, 0.29) is 11.3 Å². The van der Waals surface area contributed by atoms with Crippen molar-refractivity contribution < 1.29 is 9.53 Å². The van der Waals surface area contributed by atoms with E-state index in [1.807, 2.05) is 18.2 Å². The van der Waals surface area contributed by atoms with Crippen LogP contribution < -0.4 is 10.1 Å². The van der Waals surface area contributed by atoms with Crippen LogP contribution in [0.4, 0.5) is 0 Å². The number of carbonyl (C=O) groups is 1. The van der Waals surface area contributed by atoms with Crippen LogP contribution >= 0.6 is 11.6 Å². The van der Waals surface area contributed by atoms with E-state index < -0.39 is 0 Å². The first-order valence-corrected chi connectivity index (χ1v) is 8.29. The Morgan fingerprint density at radius 1 is 1.38 bits per heavy atom. The molecular weight excluding hydrogens is 286 g/mol. The summed E-state index contributed by atoms with van der Waals surface area (Å²) in [5, 5.41) is 3.20. The van der Waals surface area contributed by atoms with Gasteiger partial charge in [-0.05, 0) is 43.4 Å². The average Bonchev–Trinajstić information content (AvgIpc) is 2.52. The fourth-order valence-corrected chi connectivity index (χ4v) is 3.03. The van der Waals surface area contributed by atoms with Gasteiger partial charge in [0.05, 0.1) is 6.61 Å². The van der Waals surface area contributed by atoms with Gasteiger partial charge < -0.3 is 10.1 Å². The fraction of sp³-hybridized carbons (Fsp3) is 0.588. The molecule has 1 N–H and O–H groups in total. The Morgan fingerprint density at radius 2 is 2.19 bits per heavy atom. The van der Waals surface area contributed by atoms with E-state index in [0.717, 1.165) is 25.0 Å². The molecule has 2 rings (SSSR count). The van der Waals surface area contributed by atoms with Gasteiger partial charge in [-0.15, -0.1) is 11.6 Å². The molecule has 2 atom stereocenters. The molecule has 0 bridgehead atoms. The molecule has 116 valence electrons. The van der Waals surface area contributed by atoms with Gasteiger partial charge in [-0.3, -0.25) is 4.79 Å². The molecule has 1 aliphatic rings. The van der Waals surface area contributed by atoms with Crippen LogP contribution in [-0.2, 0) is 0 Å². The van der Waals surface area contributed by atoms with Crippen molar-refractivity contribution in [2.24, 2.45) is 5.92 Å². The summed E-state index contributed by atoms with van der Waals surface area (Å²) in [4.78, 5) is 12.2. The summed E-state index contributed by atoms with van der Waals surface area (Å²) in [7, 11) is 0. The number of amides is 1. The number of hydrogen-bond donors (Lipinski definition) is 1. The van der Waals surface area contributed by atoms with E-state index in [1.165, 1.54) is 12.8 Å². The molecule has 1 aromatic rings. The molecule has 4 heteroatoms. The fourth-order valence-electron chi connectivity index (χ4n) is 2.67. The minimum atomic E-state index is -0.0496. The van der Waals surface area contributed by atoms with Crippen LogP contribution in [0.15, 0.2) is 24.3 Å². The predicted molar refractivity (Wildman–Crippen MR) is 86.2 cm³/mol. The third-order valence-corrected chi connectivity index (χ3v) is 4.48. The van der Waals surface area contributed by atoms with Crippen LogP contribution in [0, 0.1) is 5.92 Å². The minimum absolute atomic E-state index is 0.0496. The summed E-state index contributed by atoms with van der Waals surface area (Å²) in [5.41, 5.74) is 0.644. The van der Waals surface area contributed by atoms with Gasteiger partial charge >= 0.3 is 0 Å². The van der Waals surface area contributed by atoms with Gasteiger partial charge in [0, 0.05) is 17.5 Å². The first kappa shape index (κ1) is 16.2. The van der Waals surface area contributed by atoms with E-state index in [1.54, 1.807) is 6.07 Å². The summed E-state index contributed by atoms with van der Waals surface area (Å²) in [5.74, 6) is 1.09. The van der Waals surface area contributed by atoms with Gasteiger partial charge in [-0.2, -0.15) is 0 Å². The number of rotatable bonds is 6. The first-order valence-electron chi connectivity index (χ1n) is 7.86. The Bertz CT molecular complexity index is 464. The van der Waals surface area contributed by atoms with Gasteiger partial charge in [0.1, 0.15) is 5.75 Å². The van der Waals surface area contributed by atoms with Crippen molar-refractivity contribution in [2.45, 2.75) is 44.4 Å². The third-order valence-electron chi connectivity index (χ3n) is 3.91. The van der Waals surface area contributed by atoms with Crippen LogP contribution in [-0.4, -0.2) is 24.4 Å². The normalized spacial score (nSPS) is 21.8. The number of halogens is 1. The lowest BCUT2D eigenvalue weighted by molar-refractivity contribution is 0.0943. The van der Waals surface area contributed by atoms with Gasteiger partial charge in [0.2, 0.25) is 0 Å². The van der Waals surface area contributed by atoms with Crippen molar-refractivity contribution in [1.29, 1.82) is 0 Å². The van der Waals surface area contributed by atoms with E-state index >= 15 is 0 Å². The highest BCUT2D eigenvalue weighted by molar-refractivity contribution is 6.20. The molecule has 1 saturated carbocycles. The van der Waals surface area contributed by atoms with Crippen LogP contribution in [0.25, 0.3) is 0 Å². The van der Waals surface area contributed by atoms with Crippen molar-refractivity contribution in [3.05, 3.63) is 29.8 Å². The van der Waals surface area contributed by atoms with Crippen molar-refractivity contribution >= 4 is 17.5 Å². The Labute approximate surface area is 132 Å². The summed E-state index contributed by atoms with van der Waals surface area (Å²) < 4.78 is 5.56. The number of benzene rings is 1. The Balaban J connectivity index is 1.87. The Kier molecular flexibility index (Phi) is 6.37. The molecule has 1 amide bonds. The molecule has 0 aromatic heterocycles. The van der Waals surface area contributed by atoms with Crippen molar-refractivity contribution in [3.63, 3.8) is 0 Å². The van der Waals surface area contributed by atoms with Gasteiger partial charge in [0.15, 0.2) is 0 Å². The van der Waals surface area contributed by atoms with Crippen LogP contribution in [0.2, 0.25) is 0 Å². The van der Waals surface area contributed by atoms with Gasteiger partial charge in [-0.25, -0.2) is 0 Å². The zero-order valence-electron chi connectivity index (χ0n) is 12.6. The third kappa shape index (κ3) is 4.92. The molecule has 0 spiro atoms. The lowest BCUT2D eigenvalue weighted by Gasteiger charge is -2.27. The van der Waals surface area contributed by atoms with Crippen LogP contribution in [0.5, 0.6) is 5.75 Å². The second kappa shape index (κ2) is 8.28. The molecule has 0 radical (unpaired) electrons. The SMILES string of the molecule is CCCOc1cccc(C(=O)NCC2CCCCC2Cl)c1. The molecule has 0 heterocycles. The second-order valence-electron chi connectivity index (χ2n) is 5.65. The van der Waals surface area contributed by atoms with Gasteiger partial charge in [0.25, 0.3) is 5.91 Å². The minimum Gasteiger partial charge on any atom is -0.494 e. The molecule has 0 aliphatic heterocycles. The standard InChI is InChI=1S/C17H24ClNO2/c1-2-10-21-15-8-5-7-13(11-15)17(20)19-12-14-6-3-4-9-16(14)18/h5,7-8,11,14,16H,2-4,6,9-10,12H2,1H3,(H,19,20).